The number of hydrogen-bond acceptors (Lipinski definition) is 10. The van der Waals surface area contributed by atoms with Crippen molar-refractivity contribution >= 4 is 50.4 Å². The maximum absolute atomic E-state index is 12.8. The van der Waals surface area contributed by atoms with E-state index < -0.39 is 10.0 Å². The highest BCUT2D eigenvalue weighted by Crippen LogP contribution is 2.43. The number of aromatic hydroxyl groups is 1. The molecule has 3 heterocycles. The molecule has 3 N–H and O–H groups in total. The Kier molecular flexibility index (Phi) is 5.75. The van der Waals surface area contributed by atoms with E-state index in [2.05, 4.69) is 40.2 Å². The standard InChI is InChI=1S/C19H25N5O4S3/c1-19(2,3)15(11-7-8-28-9-11)21-17-16(22-30-23-17)20-13-10-29-18(14(13)25)31(26,27)24(4)12-5-6-12/h7-10,12,15,25H,5-6H2,1-4H3,(H,20,22)(H,21,23)/t15-/m0/s1. The summed E-state index contributed by atoms with van der Waals surface area (Å²) in [5, 5.41) is 18.6. The van der Waals surface area contributed by atoms with Crippen LogP contribution in [0.2, 0.25) is 0 Å². The minimum Gasteiger partial charge on any atom is -0.504 e. The summed E-state index contributed by atoms with van der Waals surface area (Å²) in [6.45, 7) is 6.30. The quantitative estimate of drug-likeness (QED) is 0.424. The number of nitrogens with one attached hydrogen (secondary N) is 2. The van der Waals surface area contributed by atoms with Gasteiger partial charge in [-0.2, -0.15) is 13.1 Å². The highest BCUT2D eigenvalue weighted by molar-refractivity contribution is 7.91. The Balaban J connectivity index is 1.57. The lowest BCUT2D eigenvalue weighted by Gasteiger charge is -2.31. The third kappa shape index (κ3) is 4.43. The summed E-state index contributed by atoms with van der Waals surface area (Å²) in [5.74, 6) is 0.616. The first-order valence-electron chi connectivity index (χ1n) is 9.75. The van der Waals surface area contributed by atoms with E-state index in [9.17, 15) is 13.5 Å². The highest BCUT2D eigenvalue weighted by Gasteiger charge is 2.38. The van der Waals surface area contributed by atoms with Gasteiger partial charge in [0, 0.05) is 24.0 Å². The molecule has 4 rings (SSSR count). The van der Waals surface area contributed by atoms with Crippen molar-refractivity contribution in [3.05, 3.63) is 29.5 Å². The van der Waals surface area contributed by atoms with E-state index in [1.165, 1.54) is 4.31 Å². The van der Waals surface area contributed by atoms with Gasteiger partial charge in [0.15, 0.2) is 21.6 Å². The zero-order valence-corrected chi connectivity index (χ0v) is 20.1. The summed E-state index contributed by atoms with van der Waals surface area (Å²) in [4.78, 5) is 0. The van der Waals surface area contributed by atoms with E-state index in [0.29, 0.717) is 11.6 Å². The first-order chi connectivity index (χ1) is 14.6. The van der Waals surface area contributed by atoms with Crippen molar-refractivity contribution in [2.45, 2.75) is 49.9 Å². The van der Waals surface area contributed by atoms with Gasteiger partial charge in [-0.15, -0.1) is 11.3 Å². The van der Waals surface area contributed by atoms with Crippen LogP contribution in [0.15, 0.2) is 32.6 Å². The van der Waals surface area contributed by atoms with Crippen LogP contribution in [-0.2, 0) is 10.0 Å². The fourth-order valence-corrected chi connectivity index (χ4v) is 6.53. The van der Waals surface area contributed by atoms with Crippen LogP contribution in [0, 0.1) is 5.41 Å². The molecule has 0 aromatic carbocycles. The largest absolute Gasteiger partial charge is 0.504 e. The Labute approximate surface area is 189 Å². The molecule has 3 aromatic heterocycles. The van der Waals surface area contributed by atoms with Crippen LogP contribution < -0.4 is 10.6 Å². The van der Waals surface area contributed by atoms with Gasteiger partial charge in [-0.25, -0.2) is 8.42 Å². The fraction of sp³-hybridized carbons (Fsp3) is 0.474. The van der Waals surface area contributed by atoms with Crippen molar-refractivity contribution in [3.63, 3.8) is 0 Å². The van der Waals surface area contributed by atoms with Crippen LogP contribution in [0.4, 0.5) is 17.3 Å². The van der Waals surface area contributed by atoms with Crippen LogP contribution in [0.25, 0.3) is 0 Å². The van der Waals surface area contributed by atoms with Crippen molar-refractivity contribution in [3.8, 4) is 5.75 Å². The zero-order chi connectivity index (χ0) is 22.4. The summed E-state index contributed by atoms with van der Waals surface area (Å²) in [7, 11) is -2.19. The topological polar surface area (TPSA) is 121 Å². The molecule has 168 valence electrons. The van der Waals surface area contributed by atoms with Crippen molar-refractivity contribution in [1.82, 2.24) is 13.1 Å². The Morgan fingerprint density at radius 2 is 2.00 bits per heavy atom. The fourth-order valence-electron chi connectivity index (χ4n) is 3.24. The van der Waals surface area contributed by atoms with Crippen molar-refractivity contribution in [1.29, 1.82) is 0 Å². The van der Waals surface area contributed by atoms with Crippen molar-refractivity contribution in [2.75, 3.05) is 17.7 Å². The maximum atomic E-state index is 12.8. The summed E-state index contributed by atoms with van der Waals surface area (Å²) >= 11 is 2.00. The second-order valence-corrected chi connectivity index (χ2v) is 12.2. The number of aromatic nitrogens is 2. The van der Waals surface area contributed by atoms with Gasteiger partial charge in [0.2, 0.25) is 0 Å². The summed E-state index contributed by atoms with van der Waals surface area (Å²) in [6.07, 6.45) is 5.00. The van der Waals surface area contributed by atoms with E-state index in [0.717, 1.165) is 41.5 Å². The number of furan rings is 1. The summed E-state index contributed by atoms with van der Waals surface area (Å²) in [6, 6.07) is 1.81. The average molecular weight is 484 g/mol. The third-order valence-electron chi connectivity index (χ3n) is 5.17. The number of sulfonamides is 1. The molecule has 1 aliphatic carbocycles. The predicted octanol–water partition coefficient (Wildman–Crippen LogP) is 4.62. The molecule has 1 aliphatic rings. The molecule has 1 atom stereocenters. The monoisotopic (exact) mass is 483 g/mol. The SMILES string of the molecule is CN(C1CC1)S(=O)(=O)c1scc(Nc2nsnc2N[C@@H](c2ccoc2)C(C)(C)C)c1O. The number of hydrogen-bond donors (Lipinski definition) is 3. The Bertz CT molecular complexity index is 1140. The molecule has 0 saturated heterocycles. The van der Waals surface area contributed by atoms with Crippen molar-refractivity contribution < 1.29 is 17.9 Å². The summed E-state index contributed by atoms with van der Waals surface area (Å²) in [5.41, 5.74) is 1.10. The number of rotatable bonds is 8. The molecule has 0 radical (unpaired) electrons. The van der Waals surface area contributed by atoms with Gasteiger partial charge < -0.3 is 20.2 Å². The second-order valence-electron chi connectivity index (χ2n) is 8.62. The van der Waals surface area contributed by atoms with Gasteiger partial charge >= 0.3 is 0 Å². The normalized spacial score (nSPS) is 15.9. The van der Waals surface area contributed by atoms with Crippen LogP contribution in [0.1, 0.15) is 45.2 Å². The lowest BCUT2D eigenvalue weighted by molar-refractivity contribution is 0.345. The van der Waals surface area contributed by atoms with Gasteiger partial charge in [-0.05, 0) is 24.3 Å². The van der Waals surface area contributed by atoms with E-state index >= 15 is 0 Å². The van der Waals surface area contributed by atoms with E-state index in [1.54, 1.807) is 25.0 Å². The number of nitrogens with zero attached hydrogens (tertiary/aromatic N) is 3. The highest BCUT2D eigenvalue weighted by atomic mass is 32.2. The summed E-state index contributed by atoms with van der Waals surface area (Å²) < 4.78 is 40.7. The molecule has 9 nitrogen and oxygen atoms in total. The van der Waals surface area contributed by atoms with E-state index in [4.69, 9.17) is 4.42 Å². The Hall–Kier alpha value is -2.15. The van der Waals surface area contributed by atoms with E-state index in [1.807, 2.05) is 6.07 Å². The molecule has 1 fully saturated rings. The lowest BCUT2D eigenvalue weighted by atomic mass is 9.83. The molecule has 3 aromatic rings. The molecule has 0 bridgehead atoms. The molecule has 31 heavy (non-hydrogen) atoms. The molecule has 0 amide bonds. The molecule has 0 spiro atoms. The van der Waals surface area contributed by atoms with Gasteiger partial charge in [-0.3, -0.25) is 0 Å². The maximum Gasteiger partial charge on any atom is 0.256 e. The molecule has 1 saturated carbocycles. The van der Waals surface area contributed by atoms with Gasteiger partial charge in [0.1, 0.15) is 0 Å². The first-order valence-corrected chi connectivity index (χ1v) is 12.8. The molecule has 0 aliphatic heterocycles. The average Bonchev–Trinajstić information content (AvgIpc) is 3.06. The zero-order valence-electron chi connectivity index (χ0n) is 17.6. The van der Waals surface area contributed by atoms with Crippen LogP contribution in [0.3, 0.4) is 0 Å². The van der Waals surface area contributed by atoms with E-state index in [-0.39, 0.29) is 33.1 Å². The minimum absolute atomic E-state index is 0.0127. The van der Waals surface area contributed by atoms with Crippen LogP contribution in [-0.4, -0.2) is 39.7 Å². The minimum atomic E-state index is -3.74. The Morgan fingerprint density at radius 1 is 1.29 bits per heavy atom. The smallest absolute Gasteiger partial charge is 0.256 e. The van der Waals surface area contributed by atoms with Crippen LogP contribution >= 0.6 is 23.1 Å². The third-order valence-corrected chi connectivity index (χ3v) is 9.10. The Morgan fingerprint density at radius 3 is 2.61 bits per heavy atom. The second kappa shape index (κ2) is 8.08. The van der Waals surface area contributed by atoms with Crippen molar-refractivity contribution in [2.24, 2.45) is 5.41 Å². The molecule has 0 unspecified atom stereocenters. The van der Waals surface area contributed by atoms with Gasteiger partial charge in [0.25, 0.3) is 10.0 Å². The van der Waals surface area contributed by atoms with Crippen LogP contribution in [0.5, 0.6) is 5.75 Å². The first kappa shape index (κ1) is 22.1. The predicted molar refractivity (Wildman–Crippen MR) is 122 cm³/mol. The lowest BCUT2D eigenvalue weighted by Crippen LogP contribution is -2.28. The van der Waals surface area contributed by atoms with Gasteiger partial charge in [-0.1, -0.05) is 20.8 Å². The number of thiophene rings is 1. The molecule has 12 heteroatoms. The number of anilines is 3. The molecular formula is C19H25N5O4S3. The molecular weight excluding hydrogens is 458 g/mol. The van der Waals surface area contributed by atoms with Gasteiger partial charge in [0.05, 0.1) is 36.0 Å².